The molecule has 1 saturated carbocycles. The number of alkyl carbamates (subject to hydrolysis) is 1. The van der Waals surface area contributed by atoms with E-state index in [9.17, 15) is 18.0 Å². The maximum atomic E-state index is 12.6. The average Bonchev–Trinajstić information content (AvgIpc) is 2.87. The van der Waals surface area contributed by atoms with Gasteiger partial charge in [-0.05, 0) is 46.0 Å². The zero-order valence-corrected chi connectivity index (χ0v) is 15.5. The molecule has 2 aliphatic rings. The maximum absolute atomic E-state index is 12.6. The highest BCUT2D eigenvalue weighted by molar-refractivity contribution is 7.87. The second-order valence-corrected chi connectivity index (χ2v) is 9.12. The SMILES string of the molecule is CCC1CC1(NC(=O)OC(C)(C)C)C(=O)NS(=O)(=O)N1CCCC1. The Balaban J connectivity index is 2.07. The van der Waals surface area contributed by atoms with E-state index in [1.54, 1.807) is 20.8 Å². The first-order valence-corrected chi connectivity index (χ1v) is 9.77. The zero-order valence-electron chi connectivity index (χ0n) is 14.7. The van der Waals surface area contributed by atoms with E-state index in [-0.39, 0.29) is 5.92 Å². The molecular formula is C15H27N3O5S. The highest BCUT2D eigenvalue weighted by Crippen LogP contribution is 2.46. The lowest BCUT2D eigenvalue weighted by atomic mass is 10.1. The Bertz CT molecular complexity index is 607. The third-order valence-electron chi connectivity index (χ3n) is 4.35. The molecule has 1 aliphatic heterocycles. The number of nitrogens with zero attached hydrogens (tertiary/aromatic N) is 1. The smallest absolute Gasteiger partial charge is 0.408 e. The fourth-order valence-electron chi connectivity index (χ4n) is 3.00. The Morgan fingerprint density at radius 3 is 2.29 bits per heavy atom. The van der Waals surface area contributed by atoms with Crippen LogP contribution in [0.3, 0.4) is 0 Å². The van der Waals surface area contributed by atoms with Crippen LogP contribution in [0.4, 0.5) is 4.79 Å². The van der Waals surface area contributed by atoms with Gasteiger partial charge in [-0.25, -0.2) is 9.52 Å². The Kier molecular flexibility index (Phi) is 5.15. The van der Waals surface area contributed by atoms with Crippen LogP contribution >= 0.6 is 0 Å². The van der Waals surface area contributed by atoms with Crippen LogP contribution in [-0.4, -0.2) is 49.0 Å². The topological polar surface area (TPSA) is 105 Å². The van der Waals surface area contributed by atoms with Gasteiger partial charge in [0.15, 0.2) is 0 Å². The summed E-state index contributed by atoms with van der Waals surface area (Å²) in [5, 5.41) is 2.58. The first kappa shape index (κ1) is 19.0. The number of carbonyl (C=O) groups excluding carboxylic acids is 2. The summed E-state index contributed by atoms with van der Waals surface area (Å²) < 4.78 is 33.1. The van der Waals surface area contributed by atoms with Gasteiger partial charge in [0.2, 0.25) is 0 Å². The summed E-state index contributed by atoms with van der Waals surface area (Å²) >= 11 is 0. The third-order valence-corrected chi connectivity index (χ3v) is 5.84. The predicted octanol–water partition coefficient (Wildman–Crippen LogP) is 1.14. The fraction of sp³-hybridized carbons (Fsp3) is 0.867. The molecule has 0 bridgehead atoms. The molecule has 1 heterocycles. The summed E-state index contributed by atoms with van der Waals surface area (Å²) in [6.45, 7) is 7.88. The van der Waals surface area contributed by atoms with Gasteiger partial charge < -0.3 is 10.1 Å². The second kappa shape index (κ2) is 6.51. The number of ether oxygens (including phenoxy) is 1. The first-order chi connectivity index (χ1) is 11.0. The number of rotatable bonds is 5. The number of nitrogens with one attached hydrogen (secondary N) is 2. The Morgan fingerprint density at radius 1 is 1.25 bits per heavy atom. The van der Waals surface area contributed by atoms with E-state index in [0.29, 0.717) is 25.9 Å². The average molecular weight is 361 g/mol. The van der Waals surface area contributed by atoms with Crippen molar-refractivity contribution in [2.45, 2.75) is 64.5 Å². The van der Waals surface area contributed by atoms with Crippen molar-refractivity contribution in [3.63, 3.8) is 0 Å². The number of hydrogen-bond acceptors (Lipinski definition) is 5. The van der Waals surface area contributed by atoms with E-state index < -0.39 is 33.3 Å². The van der Waals surface area contributed by atoms with Gasteiger partial charge >= 0.3 is 16.3 Å². The monoisotopic (exact) mass is 361 g/mol. The molecule has 0 radical (unpaired) electrons. The maximum Gasteiger partial charge on any atom is 0.408 e. The minimum absolute atomic E-state index is 0.0983. The molecule has 24 heavy (non-hydrogen) atoms. The van der Waals surface area contributed by atoms with Crippen LogP contribution in [0.1, 0.15) is 53.4 Å². The van der Waals surface area contributed by atoms with E-state index in [1.807, 2.05) is 6.92 Å². The normalized spacial score (nSPS) is 27.6. The van der Waals surface area contributed by atoms with Gasteiger partial charge in [0.05, 0.1) is 0 Å². The summed E-state index contributed by atoms with van der Waals surface area (Å²) in [5.41, 5.74) is -1.90. The Hall–Kier alpha value is -1.35. The molecule has 0 aromatic heterocycles. The van der Waals surface area contributed by atoms with Crippen LogP contribution in [0.15, 0.2) is 0 Å². The lowest BCUT2D eigenvalue weighted by Crippen LogP contribution is -2.55. The van der Waals surface area contributed by atoms with Gasteiger partial charge in [0, 0.05) is 13.1 Å². The van der Waals surface area contributed by atoms with E-state index in [0.717, 1.165) is 12.8 Å². The molecule has 2 amide bonds. The van der Waals surface area contributed by atoms with E-state index >= 15 is 0 Å². The first-order valence-electron chi connectivity index (χ1n) is 8.33. The van der Waals surface area contributed by atoms with Crippen LogP contribution in [0, 0.1) is 5.92 Å². The molecule has 2 rings (SSSR count). The number of carbonyl (C=O) groups is 2. The molecule has 2 fully saturated rings. The van der Waals surface area contributed by atoms with Crippen molar-refractivity contribution in [1.82, 2.24) is 14.3 Å². The molecule has 2 atom stereocenters. The third kappa shape index (κ3) is 4.18. The summed E-state index contributed by atoms with van der Waals surface area (Å²) in [5.74, 6) is -0.786. The van der Waals surface area contributed by atoms with Gasteiger partial charge in [-0.2, -0.15) is 12.7 Å². The van der Waals surface area contributed by atoms with Crippen LogP contribution < -0.4 is 10.0 Å². The summed E-state index contributed by atoms with van der Waals surface area (Å²) in [6, 6.07) is 0. The summed E-state index contributed by atoms with van der Waals surface area (Å²) in [4.78, 5) is 24.6. The van der Waals surface area contributed by atoms with Crippen molar-refractivity contribution in [2.75, 3.05) is 13.1 Å². The molecule has 138 valence electrons. The standard InChI is InChI=1S/C15H27N3O5S/c1-5-11-10-15(11,16-13(20)23-14(2,3)4)12(19)17-24(21,22)18-8-6-7-9-18/h11H,5-10H2,1-4H3,(H,16,20)(H,17,19). The number of hydrogen-bond donors (Lipinski definition) is 2. The lowest BCUT2D eigenvalue weighted by Gasteiger charge is -2.24. The van der Waals surface area contributed by atoms with Crippen molar-refractivity contribution in [2.24, 2.45) is 5.92 Å². The Morgan fingerprint density at radius 2 is 1.83 bits per heavy atom. The van der Waals surface area contributed by atoms with Gasteiger partial charge in [-0.3, -0.25) is 4.79 Å². The van der Waals surface area contributed by atoms with E-state index in [1.165, 1.54) is 4.31 Å². The Labute approximate surface area is 143 Å². The lowest BCUT2D eigenvalue weighted by molar-refractivity contribution is -0.122. The van der Waals surface area contributed by atoms with Crippen molar-refractivity contribution >= 4 is 22.2 Å². The van der Waals surface area contributed by atoms with Crippen molar-refractivity contribution in [1.29, 1.82) is 0 Å². The fourth-order valence-corrected chi connectivity index (χ4v) is 4.28. The zero-order chi connectivity index (χ0) is 18.2. The van der Waals surface area contributed by atoms with E-state index in [4.69, 9.17) is 4.74 Å². The van der Waals surface area contributed by atoms with E-state index in [2.05, 4.69) is 10.0 Å². The van der Waals surface area contributed by atoms with Crippen molar-refractivity contribution < 1.29 is 22.7 Å². The molecule has 0 spiro atoms. The molecule has 2 N–H and O–H groups in total. The molecule has 1 aliphatic carbocycles. The molecule has 0 aromatic rings. The van der Waals surface area contributed by atoms with Gasteiger partial charge in [0.1, 0.15) is 11.1 Å². The van der Waals surface area contributed by atoms with Crippen molar-refractivity contribution in [3.8, 4) is 0 Å². The second-order valence-electron chi connectivity index (χ2n) is 7.45. The highest BCUT2D eigenvalue weighted by Gasteiger charge is 2.61. The number of amides is 2. The minimum Gasteiger partial charge on any atom is -0.444 e. The molecule has 2 unspecified atom stereocenters. The largest absolute Gasteiger partial charge is 0.444 e. The van der Waals surface area contributed by atoms with Crippen LogP contribution in [0.2, 0.25) is 0 Å². The summed E-state index contributed by atoms with van der Waals surface area (Å²) in [7, 11) is -3.86. The minimum atomic E-state index is -3.86. The van der Waals surface area contributed by atoms with Gasteiger partial charge in [-0.1, -0.05) is 13.3 Å². The quantitative estimate of drug-likeness (QED) is 0.764. The van der Waals surface area contributed by atoms with Crippen molar-refractivity contribution in [3.05, 3.63) is 0 Å². The summed E-state index contributed by atoms with van der Waals surface area (Å²) in [6.07, 6.45) is 1.92. The molecule has 8 nitrogen and oxygen atoms in total. The highest BCUT2D eigenvalue weighted by atomic mass is 32.2. The molecule has 0 aromatic carbocycles. The van der Waals surface area contributed by atoms with Crippen LogP contribution in [0.5, 0.6) is 0 Å². The predicted molar refractivity (Wildman–Crippen MR) is 88.4 cm³/mol. The molecule has 1 saturated heterocycles. The van der Waals surface area contributed by atoms with Crippen LogP contribution in [-0.2, 0) is 19.7 Å². The molecule has 9 heteroatoms. The molecular weight excluding hydrogens is 334 g/mol. The van der Waals surface area contributed by atoms with Gasteiger partial charge in [0.25, 0.3) is 5.91 Å². The van der Waals surface area contributed by atoms with Crippen LogP contribution in [0.25, 0.3) is 0 Å². The van der Waals surface area contributed by atoms with Gasteiger partial charge in [-0.15, -0.1) is 0 Å².